The molecule has 1 aliphatic carbocycles. The van der Waals surface area contributed by atoms with Gasteiger partial charge in [0.2, 0.25) is 0 Å². The minimum absolute atomic E-state index is 0.109. The Morgan fingerprint density at radius 3 is 2.75 bits per heavy atom. The summed E-state index contributed by atoms with van der Waals surface area (Å²) in [6.45, 7) is 2.39. The zero-order valence-electron chi connectivity index (χ0n) is 22.6. The van der Waals surface area contributed by atoms with Crippen LogP contribution in [0.3, 0.4) is 0 Å². The van der Waals surface area contributed by atoms with Crippen LogP contribution in [0.4, 0.5) is 17.2 Å². The topological polar surface area (TPSA) is 123 Å². The molecule has 2 N–H and O–H groups in total. The Bertz CT molecular complexity index is 1480. The molecule has 10 nitrogen and oxygen atoms in total. The first-order chi connectivity index (χ1) is 19.5. The van der Waals surface area contributed by atoms with Gasteiger partial charge >= 0.3 is 0 Å². The number of aliphatic hydroxyl groups is 1. The maximum absolute atomic E-state index is 12.9. The van der Waals surface area contributed by atoms with E-state index in [-0.39, 0.29) is 24.1 Å². The van der Waals surface area contributed by atoms with Crippen molar-refractivity contribution in [3.63, 3.8) is 0 Å². The number of rotatable bonds is 10. The number of nitrogens with one attached hydrogen (secondary N) is 1. The van der Waals surface area contributed by atoms with Crippen molar-refractivity contribution in [2.45, 2.75) is 12.8 Å². The van der Waals surface area contributed by atoms with Gasteiger partial charge in [-0.05, 0) is 61.3 Å². The van der Waals surface area contributed by atoms with Gasteiger partial charge in [-0.3, -0.25) is 9.59 Å². The highest BCUT2D eigenvalue weighted by atomic mass is 16.5. The molecule has 1 atom stereocenters. The number of nitrogens with zero attached hydrogens (tertiary/aromatic N) is 3. The molecule has 5 rings (SSSR count). The summed E-state index contributed by atoms with van der Waals surface area (Å²) in [5, 5.41) is 13.8. The lowest BCUT2D eigenvalue weighted by Gasteiger charge is -2.35. The number of benzene rings is 2. The second kappa shape index (κ2) is 12.3. The number of aliphatic hydroxyl groups excluding tert-OH is 1. The molecule has 3 aromatic rings. The Hall–Kier alpha value is -4.28. The van der Waals surface area contributed by atoms with Crippen molar-refractivity contribution in [2.75, 3.05) is 57.3 Å². The summed E-state index contributed by atoms with van der Waals surface area (Å²) < 4.78 is 16.4. The molecule has 1 unspecified atom stereocenters. The molecule has 1 fully saturated rings. The normalized spacial score (nSPS) is 17.2. The fourth-order valence-corrected chi connectivity index (χ4v) is 5.07. The molecule has 0 amide bonds. The van der Waals surface area contributed by atoms with E-state index in [1.807, 2.05) is 24.3 Å². The van der Waals surface area contributed by atoms with Crippen LogP contribution in [0.5, 0.6) is 11.5 Å². The third-order valence-electron chi connectivity index (χ3n) is 7.08. The number of piperidine rings is 1. The van der Waals surface area contributed by atoms with Gasteiger partial charge in [0.15, 0.2) is 23.1 Å². The number of hydrogen-bond donors (Lipinski definition) is 2. The average molecular weight is 545 g/mol. The molecule has 1 aromatic heterocycles. The number of hydrogen-bond acceptors (Lipinski definition) is 10. The molecular formula is C30H32N4O6. The smallest absolute Gasteiger partial charge is 0.186 e. The van der Waals surface area contributed by atoms with E-state index in [2.05, 4.69) is 20.2 Å². The van der Waals surface area contributed by atoms with Crippen molar-refractivity contribution in [3.05, 3.63) is 60.5 Å². The van der Waals surface area contributed by atoms with Crippen LogP contribution >= 0.6 is 0 Å². The minimum atomic E-state index is -0.233. The molecule has 2 heterocycles. The van der Waals surface area contributed by atoms with Gasteiger partial charge in [-0.15, -0.1) is 0 Å². The number of allylic oxidation sites excluding steroid dienone is 4. The van der Waals surface area contributed by atoms with Gasteiger partial charge in [0.1, 0.15) is 18.8 Å². The van der Waals surface area contributed by atoms with E-state index >= 15 is 0 Å². The van der Waals surface area contributed by atoms with Crippen molar-refractivity contribution in [1.29, 1.82) is 0 Å². The Kier molecular flexibility index (Phi) is 8.37. The molecule has 10 heteroatoms. The third kappa shape index (κ3) is 5.83. The number of fused-ring (bicyclic) bond motifs is 1. The SMILES string of the molecule is COCCOc1cc2ncnc(Nc3ccc(N4CCCC(CO)C4)c(C4=CC(=O)C=CC4=O)c3)c2cc1OC. The van der Waals surface area contributed by atoms with Gasteiger partial charge < -0.3 is 29.5 Å². The van der Waals surface area contributed by atoms with Crippen LogP contribution in [0.1, 0.15) is 18.4 Å². The Labute approximate surface area is 232 Å². The molecule has 0 bridgehead atoms. The van der Waals surface area contributed by atoms with Gasteiger partial charge in [0.25, 0.3) is 0 Å². The van der Waals surface area contributed by atoms with Gasteiger partial charge in [0, 0.05) is 60.8 Å². The molecule has 0 saturated carbocycles. The third-order valence-corrected chi connectivity index (χ3v) is 7.08. The van der Waals surface area contributed by atoms with E-state index < -0.39 is 0 Å². The molecule has 208 valence electrons. The van der Waals surface area contributed by atoms with Crippen LogP contribution in [0.2, 0.25) is 0 Å². The number of ketones is 2. The van der Waals surface area contributed by atoms with Crippen molar-refractivity contribution in [1.82, 2.24) is 9.97 Å². The van der Waals surface area contributed by atoms with Crippen LogP contribution in [0.15, 0.2) is 54.9 Å². The van der Waals surface area contributed by atoms with E-state index in [0.717, 1.165) is 30.5 Å². The van der Waals surface area contributed by atoms with Crippen LogP contribution in [-0.4, -0.2) is 73.8 Å². The van der Waals surface area contributed by atoms with Crippen LogP contribution in [-0.2, 0) is 14.3 Å². The first-order valence-corrected chi connectivity index (χ1v) is 13.2. The first kappa shape index (κ1) is 27.3. The van der Waals surface area contributed by atoms with Crippen molar-refractivity contribution >= 4 is 45.2 Å². The average Bonchev–Trinajstić information content (AvgIpc) is 2.98. The summed E-state index contributed by atoms with van der Waals surface area (Å²) in [5.74, 6) is 1.32. The van der Waals surface area contributed by atoms with Crippen LogP contribution < -0.4 is 19.7 Å². The summed E-state index contributed by atoms with van der Waals surface area (Å²) in [7, 11) is 3.18. The highest BCUT2D eigenvalue weighted by molar-refractivity contribution is 6.34. The van der Waals surface area contributed by atoms with Gasteiger partial charge in [0.05, 0.1) is 19.2 Å². The second-order valence-electron chi connectivity index (χ2n) is 9.74. The standard InChI is InChI=1S/C30H32N4O6/c1-38-10-11-40-29-15-25-24(14-28(29)39-2)30(32-18-31-25)33-20-5-7-26(34-9-3-4-19(16-34)17-35)22(12-20)23-13-21(36)6-8-27(23)37/h5-8,12-15,18-19,35H,3-4,9-11,16-17H2,1-2H3,(H,31,32,33). The Morgan fingerprint density at radius 1 is 1.07 bits per heavy atom. The number of anilines is 3. The van der Waals surface area contributed by atoms with E-state index in [1.165, 1.54) is 24.6 Å². The number of aromatic nitrogens is 2. The maximum Gasteiger partial charge on any atom is 0.186 e. The summed E-state index contributed by atoms with van der Waals surface area (Å²) in [5.41, 5.74) is 3.18. The molecule has 0 radical (unpaired) electrons. The van der Waals surface area contributed by atoms with E-state index in [1.54, 1.807) is 20.3 Å². The molecular weight excluding hydrogens is 512 g/mol. The summed E-state index contributed by atoms with van der Waals surface area (Å²) >= 11 is 0. The van der Waals surface area contributed by atoms with Gasteiger partial charge in [-0.1, -0.05) is 0 Å². The molecule has 2 aliphatic rings. The van der Waals surface area contributed by atoms with Gasteiger partial charge in [-0.2, -0.15) is 0 Å². The molecule has 1 saturated heterocycles. The summed E-state index contributed by atoms with van der Waals surface area (Å²) in [6.07, 6.45) is 7.32. The van der Waals surface area contributed by atoms with Crippen molar-refractivity contribution in [2.24, 2.45) is 5.92 Å². The zero-order chi connectivity index (χ0) is 28.1. The second-order valence-corrected chi connectivity index (χ2v) is 9.74. The lowest BCUT2D eigenvalue weighted by atomic mass is 9.92. The van der Waals surface area contributed by atoms with Crippen molar-refractivity contribution < 1.29 is 28.9 Å². The molecule has 2 aromatic carbocycles. The largest absolute Gasteiger partial charge is 0.493 e. The number of ether oxygens (including phenoxy) is 3. The Balaban J connectivity index is 1.53. The Morgan fingerprint density at radius 2 is 1.95 bits per heavy atom. The molecule has 40 heavy (non-hydrogen) atoms. The van der Waals surface area contributed by atoms with Gasteiger partial charge in [-0.25, -0.2) is 9.97 Å². The summed E-state index contributed by atoms with van der Waals surface area (Å²) in [6, 6.07) is 9.33. The van der Waals surface area contributed by atoms with E-state index in [9.17, 15) is 14.7 Å². The van der Waals surface area contributed by atoms with Crippen molar-refractivity contribution in [3.8, 4) is 11.5 Å². The lowest BCUT2D eigenvalue weighted by Crippen LogP contribution is -2.37. The maximum atomic E-state index is 12.9. The minimum Gasteiger partial charge on any atom is -0.493 e. The summed E-state index contributed by atoms with van der Waals surface area (Å²) in [4.78, 5) is 36.2. The fraction of sp³-hybridized carbons (Fsp3) is 0.333. The predicted octanol–water partition coefficient (Wildman–Crippen LogP) is 3.71. The highest BCUT2D eigenvalue weighted by Crippen LogP contribution is 2.37. The van der Waals surface area contributed by atoms with Crippen LogP contribution in [0, 0.1) is 5.92 Å². The number of carbonyl (C=O) groups is 2. The predicted molar refractivity (Wildman–Crippen MR) is 152 cm³/mol. The molecule has 0 spiro atoms. The quantitative estimate of drug-likeness (QED) is 0.288. The molecule has 1 aliphatic heterocycles. The lowest BCUT2D eigenvalue weighted by molar-refractivity contribution is -0.113. The number of methoxy groups -OCH3 is 2. The first-order valence-electron chi connectivity index (χ1n) is 13.2. The van der Waals surface area contributed by atoms with E-state index in [4.69, 9.17) is 14.2 Å². The highest BCUT2D eigenvalue weighted by Gasteiger charge is 2.25. The van der Waals surface area contributed by atoms with Crippen LogP contribution in [0.25, 0.3) is 16.5 Å². The zero-order valence-corrected chi connectivity index (χ0v) is 22.6. The monoisotopic (exact) mass is 544 g/mol. The fourth-order valence-electron chi connectivity index (χ4n) is 5.07. The number of carbonyl (C=O) groups excluding carboxylic acids is 2. The van der Waals surface area contributed by atoms with E-state index in [0.29, 0.717) is 59.4 Å².